The lowest BCUT2D eigenvalue weighted by Crippen LogP contribution is -2.56. The molecular formula is C47H67N7O10S3. The number of benzene rings is 1. The van der Waals surface area contributed by atoms with Crippen molar-refractivity contribution in [3.05, 3.63) is 57.9 Å². The number of nitrogens with one attached hydrogen (secondary N) is 6. The molecule has 2 aromatic heterocycles. The van der Waals surface area contributed by atoms with Gasteiger partial charge in [-0.15, -0.1) is 11.3 Å². The summed E-state index contributed by atoms with van der Waals surface area (Å²) in [6, 6.07) is 5.97. The zero-order valence-corrected chi connectivity index (χ0v) is 42.9. The van der Waals surface area contributed by atoms with E-state index in [0.29, 0.717) is 81.4 Å². The molecule has 6 N–H and O–H groups in total. The lowest BCUT2D eigenvalue weighted by molar-refractivity contribution is -0.159. The van der Waals surface area contributed by atoms with Crippen molar-refractivity contribution in [2.75, 3.05) is 43.4 Å². The molecule has 3 amide bonds. The van der Waals surface area contributed by atoms with Crippen molar-refractivity contribution in [2.24, 2.45) is 0 Å². The first-order valence-electron chi connectivity index (χ1n) is 23.0. The standard InChI is InChI=1S/C47H67N7O10S3/c1-12-46(10,53-67(62,63)40-26-34-37(48-14-3)23-27(6)66(60,61)45(34)65-40)42(57)30(9)64-47(11,13-2)38(55)19-20-39(56)51-31-17-18-35-32(24-31)33(43(58)52-35)25-36-28(7)41(29(8)50-36)44(59)49-21-22-54(15-4)16-5/h17-18,24-27,30,37,48,50,53H,12-16,19-23H2,1-11H3,(H,49,59)(H,51,56)(H,52,58)/b33-25-/t27-,30?,37-,46?,47?/m0/s1. The summed E-state index contributed by atoms with van der Waals surface area (Å²) in [6.07, 6.45) is 0.409. The number of Topliss-reactive ketones (excluding diaryl/α,β-unsaturated/α-hetero) is 2. The lowest BCUT2D eigenvalue weighted by atomic mass is 9.89. The molecule has 0 saturated carbocycles. The number of aromatic amines is 1. The molecule has 5 rings (SSSR count). The summed E-state index contributed by atoms with van der Waals surface area (Å²) >= 11 is 0.660. The minimum atomic E-state index is -4.40. The third kappa shape index (κ3) is 11.5. The number of anilines is 2. The number of hydrogen-bond acceptors (Lipinski definition) is 13. The molecule has 3 unspecified atom stereocenters. The number of amides is 3. The van der Waals surface area contributed by atoms with Crippen molar-refractivity contribution < 1.29 is 45.5 Å². The Bertz CT molecular complexity index is 2650. The van der Waals surface area contributed by atoms with Crippen LogP contribution >= 0.6 is 11.3 Å². The van der Waals surface area contributed by atoms with E-state index in [1.54, 1.807) is 52.0 Å². The van der Waals surface area contributed by atoms with Crippen LogP contribution in [0, 0.1) is 13.8 Å². The van der Waals surface area contributed by atoms with Crippen LogP contribution in [0.1, 0.15) is 139 Å². The molecular weight excluding hydrogens is 919 g/mol. The molecule has 0 fully saturated rings. The van der Waals surface area contributed by atoms with E-state index < -0.39 is 59.8 Å². The molecule has 0 aliphatic carbocycles. The summed E-state index contributed by atoms with van der Waals surface area (Å²) in [7, 11) is -8.16. The molecule has 2 aliphatic heterocycles. The van der Waals surface area contributed by atoms with Crippen LogP contribution in [0.4, 0.5) is 11.4 Å². The van der Waals surface area contributed by atoms with Gasteiger partial charge in [-0.1, -0.05) is 34.6 Å². The van der Waals surface area contributed by atoms with Gasteiger partial charge in [0.1, 0.15) is 20.1 Å². The number of aryl methyl sites for hydroxylation is 1. The molecule has 3 aromatic rings. The number of carbonyl (C=O) groups excluding carboxylic acids is 5. The Morgan fingerprint density at radius 1 is 1.03 bits per heavy atom. The molecule has 20 heteroatoms. The number of fused-ring (bicyclic) bond motifs is 2. The van der Waals surface area contributed by atoms with Gasteiger partial charge in [-0.25, -0.2) is 16.8 Å². The van der Waals surface area contributed by atoms with Gasteiger partial charge < -0.3 is 35.9 Å². The maximum atomic E-state index is 14.0. The van der Waals surface area contributed by atoms with Gasteiger partial charge >= 0.3 is 0 Å². The first-order valence-corrected chi connectivity index (χ1v) is 26.8. The highest BCUT2D eigenvalue weighted by Crippen LogP contribution is 2.43. The predicted molar refractivity (Wildman–Crippen MR) is 261 cm³/mol. The van der Waals surface area contributed by atoms with Gasteiger partial charge in [-0.3, -0.25) is 24.0 Å². The summed E-state index contributed by atoms with van der Waals surface area (Å²) in [4.78, 5) is 72.9. The van der Waals surface area contributed by atoms with Crippen LogP contribution < -0.4 is 26.0 Å². The van der Waals surface area contributed by atoms with Crippen LogP contribution in [0.15, 0.2) is 32.7 Å². The number of ether oxygens (including phenoxy) is 1. The highest BCUT2D eigenvalue weighted by molar-refractivity contribution is 7.95. The molecule has 368 valence electrons. The lowest BCUT2D eigenvalue weighted by Gasteiger charge is -2.35. The maximum Gasteiger partial charge on any atom is 0.256 e. The molecule has 0 saturated heterocycles. The molecule has 17 nitrogen and oxygen atoms in total. The second kappa shape index (κ2) is 21.4. The van der Waals surface area contributed by atoms with Crippen molar-refractivity contribution in [2.45, 2.75) is 145 Å². The Labute approximate surface area is 399 Å². The number of H-pyrrole nitrogens is 1. The fourth-order valence-corrected chi connectivity index (χ4v) is 14.0. The third-order valence-electron chi connectivity index (χ3n) is 13.1. The second-order valence-electron chi connectivity index (χ2n) is 17.7. The first kappa shape index (κ1) is 53.4. The Hall–Kier alpha value is -4.57. The predicted octanol–water partition coefficient (Wildman–Crippen LogP) is 6.05. The summed E-state index contributed by atoms with van der Waals surface area (Å²) in [5.41, 5.74) is 1.44. The molecule has 5 atom stereocenters. The minimum Gasteiger partial charge on any atom is -0.358 e. The number of hydrogen-bond donors (Lipinski definition) is 6. The Kier molecular flexibility index (Phi) is 17.0. The summed E-state index contributed by atoms with van der Waals surface area (Å²) in [6.45, 7) is 22.5. The number of thiophene rings is 1. The molecule has 0 spiro atoms. The molecule has 0 bridgehead atoms. The number of likely N-dealkylation sites (N-methyl/N-ethyl adjacent to an activating group) is 1. The Morgan fingerprint density at radius 3 is 2.34 bits per heavy atom. The smallest absolute Gasteiger partial charge is 0.256 e. The van der Waals surface area contributed by atoms with E-state index in [4.69, 9.17) is 4.74 Å². The quantitative estimate of drug-likeness (QED) is 0.0595. The molecule has 67 heavy (non-hydrogen) atoms. The second-order valence-corrected chi connectivity index (χ2v) is 23.2. The number of nitrogens with zero attached hydrogens (tertiary/aromatic N) is 1. The number of ketones is 2. The minimum absolute atomic E-state index is 0.00904. The number of carbonyl (C=O) groups is 5. The molecule has 4 heterocycles. The van der Waals surface area contributed by atoms with E-state index in [1.165, 1.54) is 26.8 Å². The molecule has 2 aliphatic rings. The molecule has 0 radical (unpaired) electrons. The summed E-state index contributed by atoms with van der Waals surface area (Å²) in [5, 5.41) is 11.2. The van der Waals surface area contributed by atoms with Crippen LogP contribution in [-0.2, 0) is 43.8 Å². The average Bonchev–Trinajstić information content (AvgIpc) is 3.96. The van der Waals surface area contributed by atoms with E-state index in [-0.39, 0.29) is 52.0 Å². The largest absolute Gasteiger partial charge is 0.358 e. The van der Waals surface area contributed by atoms with E-state index in [2.05, 4.69) is 49.7 Å². The van der Waals surface area contributed by atoms with Gasteiger partial charge in [0.2, 0.25) is 5.91 Å². The fourth-order valence-electron chi connectivity index (χ4n) is 8.54. The van der Waals surface area contributed by atoms with Crippen LogP contribution in [0.5, 0.6) is 0 Å². The Balaban J connectivity index is 1.22. The van der Waals surface area contributed by atoms with E-state index in [1.807, 2.05) is 13.8 Å². The monoisotopic (exact) mass is 985 g/mol. The summed E-state index contributed by atoms with van der Waals surface area (Å²) < 4.78 is 62.6. The van der Waals surface area contributed by atoms with Gasteiger partial charge in [0, 0.05) is 65.9 Å². The van der Waals surface area contributed by atoms with Crippen LogP contribution in [0.25, 0.3) is 11.6 Å². The van der Waals surface area contributed by atoms with Gasteiger partial charge in [0.05, 0.1) is 21.9 Å². The summed E-state index contributed by atoms with van der Waals surface area (Å²) in [5.74, 6) is -2.12. The maximum absolute atomic E-state index is 14.0. The third-order valence-corrected chi connectivity index (χ3v) is 19.1. The van der Waals surface area contributed by atoms with Crippen LogP contribution in [0.2, 0.25) is 0 Å². The SMILES string of the molecule is CCN[C@H]1C[C@H](C)S(=O)(=O)c2sc(S(=O)(=O)NC(C)(CC)C(=O)C(C)OC(C)(CC)C(=O)CCC(=O)Nc3ccc4c(c3)/C(=C/c3[nH]c(C)c(C(=O)NCCN(CC)CC)c3C)C(=O)N4)cc21. The van der Waals surface area contributed by atoms with Crippen LogP contribution in [-0.4, -0.2) is 111 Å². The number of sulfonamides is 1. The first-order chi connectivity index (χ1) is 31.4. The van der Waals surface area contributed by atoms with Crippen molar-refractivity contribution in [1.82, 2.24) is 25.2 Å². The van der Waals surface area contributed by atoms with E-state index in [0.717, 1.165) is 19.6 Å². The zero-order chi connectivity index (χ0) is 49.8. The van der Waals surface area contributed by atoms with Gasteiger partial charge in [0.25, 0.3) is 21.8 Å². The normalized spacial score (nSPS) is 19.5. The van der Waals surface area contributed by atoms with Crippen molar-refractivity contribution in [1.29, 1.82) is 0 Å². The Morgan fingerprint density at radius 2 is 1.72 bits per heavy atom. The van der Waals surface area contributed by atoms with Gasteiger partial charge in [0.15, 0.2) is 21.4 Å². The topological polar surface area (TPSA) is 242 Å². The fraction of sp³-hybridized carbons (Fsp3) is 0.553. The van der Waals surface area contributed by atoms with Gasteiger partial charge in [-0.2, -0.15) is 4.72 Å². The van der Waals surface area contributed by atoms with Crippen LogP contribution in [0.3, 0.4) is 0 Å². The van der Waals surface area contributed by atoms with Crippen molar-refractivity contribution in [3.8, 4) is 0 Å². The zero-order valence-electron chi connectivity index (χ0n) is 40.4. The number of aromatic nitrogens is 1. The highest BCUT2D eigenvalue weighted by Gasteiger charge is 2.45. The highest BCUT2D eigenvalue weighted by atomic mass is 32.3. The van der Waals surface area contributed by atoms with Gasteiger partial charge in [-0.05, 0) is 116 Å². The average molecular weight is 986 g/mol. The number of sulfone groups is 1. The van der Waals surface area contributed by atoms with E-state index >= 15 is 0 Å². The van der Waals surface area contributed by atoms with Crippen molar-refractivity contribution >= 4 is 83.5 Å². The van der Waals surface area contributed by atoms with E-state index in [9.17, 15) is 40.8 Å². The number of rotatable bonds is 23. The van der Waals surface area contributed by atoms with Crippen molar-refractivity contribution in [3.63, 3.8) is 0 Å². The molecule has 1 aromatic carbocycles.